The van der Waals surface area contributed by atoms with Gasteiger partial charge in [-0.25, -0.2) is 4.98 Å². The molecule has 1 amide bonds. The minimum atomic E-state index is -0.00901. The molecule has 0 fully saturated rings. The van der Waals surface area contributed by atoms with Crippen LogP contribution in [0.1, 0.15) is 11.9 Å². The summed E-state index contributed by atoms with van der Waals surface area (Å²) in [6, 6.07) is 15.5. The molecular formula is C18H18N2O2S2. The summed E-state index contributed by atoms with van der Waals surface area (Å²) in [5.74, 6) is 1.95. The van der Waals surface area contributed by atoms with Gasteiger partial charge in [0.1, 0.15) is 10.8 Å². The van der Waals surface area contributed by atoms with E-state index in [1.807, 2.05) is 49.4 Å². The fourth-order valence-electron chi connectivity index (χ4n) is 2.21. The second kappa shape index (κ2) is 8.17. The van der Waals surface area contributed by atoms with E-state index >= 15 is 0 Å². The molecule has 0 unspecified atom stereocenters. The Morgan fingerprint density at radius 1 is 1.21 bits per heavy atom. The summed E-state index contributed by atoms with van der Waals surface area (Å²) in [7, 11) is 0. The normalized spacial score (nSPS) is 10.7. The van der Waals surface area contributed by atoms with E-state index < -0.39 is 0 Å². The van der Waals surface area contributed by atoms with Gasteiger partial charge in [-0.1, -0.05) is 12.1 Å². The average molecular weight is 358 g/mol. The van der Waals surface area contributed by atoms with Gasteiger partial charge in [0.2, 0.25) is 5.91 Å². The van der Waals surface area contributed by atoms with Crippen molar-refractivity contribution in [2.75, 3.05) is 17.7 Å². The molecule has 0 saturated carbocycles. The maximum Gasteiger partial charge on any atom is 0.234 e. The molecule has 0 saturated heterocycles. The maximum absolute atomic E-state index is 12.0. The molecule has 0 aliphatic rings. The summed E-state index contributed by atoms with van der Waals surface area (Å²) in [4.78, 5) is 16.6. The summed E-state index contributed by atoms with van der Waals surface area (Å²) in [6.45, 7) is 2.58. The van der Waals surface area contributed by atoms with Crippen LogP contribution in [0.2, 0.25) is 0 Å². The first-order chi connectivity index (χ1) is 11.7. The Bertz CT molecular complexity index is 782. The van der Waals surface area contributed by atoms with Crippen LogP contribution < -0.4 is 10.1 Å². The van der Waals surface area contributed by atoms with Crippen molar-refractivity contribution in [1.29, 1.82) is 0 Å². The molecule has 1 N–H and O–H groups in total. The number of hydrogen-bond donors (Lipinski definition) is 1. The van der Waals surface area contributed by atoms with Gasteiger partial charge in [0, 0.05) is 11.4 Å². The fourth-order valence-corrected chi connectivity index (χ4v) is 4.06. The summed E-state index contributed by atoms with van der Waals surface area (Å²) >= 11 is 3.25. The standard InChI is InChI=1S/C18H18N2O2S2/c1-2-22-14-9-7-13(8-10-14)19-17(21)11-23-12-18-20-15-5-3-4-6-16(15)24-18/h3-10H,2,11-12H2,1H3,(H,19,21). The average Bonchev–Trinajstić information content (AvgIpc) is 2.99. The van der Waals surface area contributed by atoms with Crippen LogP contribution in [0.4, 0.5) is 5.69 Å². The molecule has 4 nitrogen and oxygen atoms in total. The fraction of sp³-hybridized carbons (Fsp3) is 0.222. The molecule has 24 heavy (non-hydrogen) atoms. The summed E-state index contributed by atoms with van der Waals surface area (Å²) < 4.78 is 6.57. The van der Waals surface area contributed by atoms with Crippen molar-refractivity contribution >= 4 is 44.9 Å². The van der Waals surface area contributed by atoms with Crippen molar-refractivity contribution in [1.82, 2.24) is 4.98 Å². The van der Waals surface area contributed by atoms with Gasteiger partial charge in [0.15, 0.2) is 0 Å². The number of carbonyl (C=O) groups is 1. The lowest BCUT2D eigenvalue weighted by molar-refractivity contribution is -0.113. The highest BCUT2D eigenvalue weighted by Gasteiger charge is 2.06. The number of thioether (sulfide) groups is 1. The molecule has 0 bridgehead atoms. The first kappa shape index (κ1) is 16.8. The van der Waals surface area contributed by atoms with Crippen molar-refractivity contribution in [3.05, 3.63) is 53.5 Å². The molecule has 2 aromatic carbocycles. The maximum atomic E-state index is 12.0. The smallest absolute Gasteiger partial charge is 0.234 e. The van der Waals surface area contributed by atoms with Crippen molar-refractivity contribution in [2.24, 2.45) is 0 Å². The molecule has 0 spiro atoms. The first-order valence-electron chi connectivity index (χ1n) is 7.69. The van der Waals surface area contributed by atoms with E-state index in [2.05, 4.69) is 16.4 Å². The summed E-state index contributed by atoms with van der Waals surface area (Å²) in [6.07, 6.45) is 0. The van der Waals surface area contributed by atoms with Gasteiger partial charge in [-0.05, 0) is 43.3 Å². The van der Waals surface area contributed by atoms with Crippen LogP contribution in [0.3, 0.4) is 0 Å². The van der Waals surface area contributed by atoms with E-state index in [1.165, 1.54) is 4.70 Å². The molecule has 0 aliphatic heterocycles. The number of nitrogens with one attached hydrogen (secondary N) is 1. The number of anilines is 1. The molecule has 3 aromatic rings. The minimum Gasteiger partial charge on any atom is -0.494 e. The van der Waals surface area contributed by atoms with Crippen molar-refractivity contribution in [3.8, 4) is 5.75 Å². The van der Waals surface area contributed by atoms with E-state index in [4.69, 9.17) is 4.74 Å². The van der Waals surface area contributed by atoms with E-state index in [9.17, 15) is 4.79 Å². The van der Waals surface area contributed by atoms with Gasteiger partial charge in [-0.3, -0.25) is 4.79 Å². The quantitative estimate of drug-likeness (QED) is 0.672. The highest BCUT2D eigenvalue weighted by atomic mass is 32.2. The zero-order valence-corrected chi connectivity index (χ0v) is 15.0. The number of carbonyl (C=O) groups excluding carboxylic acids is 1. The van der Waals surface area contributed by atoms with Crippen molar-refractivity contribution in [3.63, 3.8) is 0 Å². The Morgan fingerprint density at radius 3 is 2.75 bits per heavy atom. The van der Waals surface area contributed by atoms with Crippen molar-refractivity contribution in [2.45, 2.75) is 12.7 Å². The predicted octanol–water partition coefficient (Wildman–Crippen LogP) is 4.57. The molecule has 0 radical (unpaired) electrons. The lowest BCUT2D eigenvalue weighted by Gasteiger charge is -2.06. The van der Waals surface area contributed by atoms with Crippen molar-refractivity contribution < 1.29 is 9.53 Å². The molecule has 124 valence electrons. The third kappa shape index (κ3) is 4.49. The highest BCUT2D eigenvalue weighted by molar-refractivity contribution is 7.99. The molecule has 3 rings (SSSR count). The zero-order chi connectivity index (χ0) is 16.8. The Labute approximate surface area is 149 Å². The highest BCUT2D eigenvalue weighted by Crippen LogP contribution is 2.24. The number of para-hydroxylation sites is 1. The first-order valence-corrected chi connectivity index (χ1v) is 9.66. The van der Waals surface area contributed by atoms with E-state index in [0.717, 1.165) is 27.7 Å². The molecule has 1 heterocycles. The van der Waals surface area contributed by atoms with Crippen LogP contribution in [0.5, 0.6) is 5.75 Å². The second-order valence-electron chi connectivity index (χ2n) is 5.07. The van der Waals surface area contributed by atoms with Crippen LogP contribution in [-0.2, 0) is 10.5 Å². The Morgan fingerprint density at radius 2 is 2.00 bits per heavy atom. The SMILES string of the molecule is CCOc1ccc(NC(=O)CSCc2nc3ccccc3s2)cc1. The summed E-state index contributed by atoms with van der Waals surface area (Å²) in [5, 5.41) is 3.94. The Hall–Kier alpha value is -2.05. The van der Waals surface area contributed by atoms with E-state index in [1.54, 1.807) is 23.1 Å². The number of rotatable bonds is 7. The van der Waals surface area contributed by atoms with Crippen LogP contribution >= 0.6 is 23.1 Å². The molecule has 1 aromatic heterocycles. The van der Waals surface area contributed by atoms with Crippen LogP contribution in [0.25, 0.3) is 10.2 Å². The number of amides is 1. The number of fused-ring (bicyclic) bond motifs is 1. The van der Waals surface area contributed by atoms with Crippen LogP contribution in [-0.4, -0.2) is 23.3 Å². The summed E-state index contributed by atoms with van der Waals surface area (Å²) in [5.41, 5.74) is 1.81. The number of benzene rings is 2. The second-order valence-corrected chi connectivity index (χ2v) is 7.17. The zero-order valence-electron chi connectivity index (χ0n) is 13.3. The van der Waals surface area contributed by atoms with Gasteiger partial charge in [-0.15, -0.1) is 23.1 Å². The lowest BCUT2D eigenvalue weighted by atomic mass is 10.3. The molecule has 0 aliphatic carbocycles. The van der Waals surface area contributed by atoms with Crippen LogP contribution in [0, 0.1) is 0 Å². The largest absolute Gasteiger partial charge is 0.494 e. The third-order valence-electron chi connectivity index (χ3n) is 3.25. The number of thiazole rings is 1. The number of aromatic nitrogens is 1. The minimum absolute atomic E-state index is 0.00901. The molecule has 0 atom stereocenters. The van der Waals surface area contributed by atoms with Gasteiger partial charge >= 0.3 is 0 Å². The molecular weight excluding hydrogens is 340 g/mol. The van der Waals surface area contributed by atoms with Crippen LogP contribution in [0.15, 0.2) is 48.5 Å². The number of ether oxygens (including phenoxy) is 1. The van der Waals surface area contributed by atoms with E-state index in [-0.39, 0.29) is 5.91 Å². The van der Waals surface area contributed by atoms with Gasteiger partial charge in [0.05, 0.1) is 22.6 Å². The topological polar surface area (TPSA) is 51.2 Å². The van der Waals surface area contributed by atoms with Gasteiger partial charge in [0.25, 0.3) is 0 Å². The Kier molecular flexibility index (Phi) is 5.72. The monoisotopic (exact) mass is 358 g/mol. The lowest BCUT2D eigenvalue weighted by Crippen LogP contribution is -2.14. The van der Waals surface area contributed by atoms with Gasteiger partial charge in [-0.2, -0.15) is 0 Å². The number of hydrogen-bond acceptors (Lipinski definition) is 5. The predicted molar refractivity (Wildman–Crippen MR) is 102 cm³/mol. The van der Waals surface area contributed by atoms with E-state index in [0.29, 0.717) is 12.4 Å². The third-order valence-corrected chi connectivity index (χ3v) is 5.41. The number of nitrogens with zero attached hydrogens (tertiary/aromatic N) is 1. The van der Waals surface area contributed by atoms with Gasteiger partial charge < -0.3 is 10.1 Å². The Balaban J connectivity index is 1.46. The molecule has 6 heteroatoms.